The van der Waals surface area contributed by atoms with E-state index in [9.17, 15) is 14.4 Å². The molecule has 3 rings (SSSR count). The molecule has 0 saturated heterocycles. The predicted octanol–water partition coefficient (Wildman–Crippen LogP) is 1.87. The highest BCUT2D eigenvalue weighted by atomic mass is 16.5. The standard InChI is InChI=1S/C21H21N3O4/c1-12-5-3-4-6-15(12)18-10-23-21(27)17-9-14(7-8-16(17)18)28-13(2)20(26)24-11-19(22)25/h3-10,13H,11H2,1-2H3,(H2,22,25)(H,23,27)(H,24,26)/t13-/m1/s1. The molecule has 0 saturated carbocycles. The first-order chi connectivity index (χ1) is 13.4. The van der Waals surface area contributed by atoms with Crippen LogP contribution in [0.3, 0.4) is 0 Å². The van der Waals surface area contributed by atoms with Crippen LogP contribution in [0.15, 0.2) is 53.5 Å². The average molecular weight is 379 g/mol. The van der Waals surface area contributed by atoms with E-state index in [0.29, 0.717) is 11.1 Å². The minimum atomic E-state index is -0.851. The summed E-state index contributed by atoms with van der Waals surface area (Å²) in [6.45, 7) is 3.30. The smallest absolute Gasteiger partial charge is 0.261 e. The van der Waals surface area contributed by atoms with E-state index in [2.05, 4.69) is 10.3 Å². The van der Waals surface area contributed by atoms with Gasteiger partial charge in [0.25, 0.3) is 11.5 Å². The number of H-pyrrole nitrogens is 1. The monoisotopic (exact) mass is 379 g/mol. The largest absolute Gasteiger partial charge is 0.481 e. The zero-order valence-corrected chi connectivity index (χ0v) is 15.6. The number of aromatic nitrogens is 1. The Bertz CT molecular complexity index is 1100. The molecule has 0 fully saturated rings. The molecule has 7 nitrogen and oxygen atoms in total. The van der Waals surface area contributed by atoms with Gasteiger partial charge in [-0.05, 0) is 48.6 Å². The molecule has 28 heavy (non-hydrogen) atoms. The molecule has 1 heterocycles. The van der Waals surface area contributed by atoms with Crippen LogP contribution in [-0.4, -0.2) is 29.4 Å². The highest BCUT2D eigenvalue weighted by Gasteiger charge is 2.16. The number of hydrogen-bond acceptors (Lipinski definition) is 4. The maximum atomic E-state index is 12.4. The van der Waals surface area contributed by atoms with Gasteiger partial charge in [-0.3, -0.25) is 14.4 Å². The lowest BCUT2D eigenvalue weighted by molar-refractivity contribution is -0.129. The van der Waals surface area contributed by atoms with E-state index in [1.165, 1.54) is 0 Å². The Morgan fingerprint density at radius 2 is 1.89 bits per heavy atom. The van der Waals surface area contributed by atoms with E-state index in [4.69, 9.17) is 10.5 Å². The van der Waals surface area contributed by atoms with Crippen molar-refractivity contribution in [1.82, 2.24) is 10.3 Å². The van der Waals surface area contributed by atoms with Gasteiger partial charge >= 0.3 is 0 Å². The molecule has 0 bridgehead atoms. The number of carbonyl (C=O) groups excluding carboxylic acids is 2. The number of aromatic amines is 1. The number of pyridine rings is 1. The SMILES string of the molecule is Cc1ccccc1-c1c[nH]c(=O)c2cc(O[C@H](C)C(=O)NCC(N)=O)ccc12. The van der Waals surface area contributed by atoms with Crippen molar-refractivity contribution in [3.8, 4) is 16.9 Å². The molecule has 0 radical (unpaired) electrons. The van der Waals surface area contributed by atoms with Crippen LogP contribution in [-0.2, 0) is 9.59 Å². The van der Waals surface area contributed by atoms with Crippen molar-refractivity contribution in [3.05, 3.63) is 64.6 Å². The number of carbonyl (C=O) groups is 2. The maximum Gasteiger partial charge on any atom is 0.261 e. The zero-order valence-electron chi connectivity index (χ0n) is 15.6. The predicted molar refractivity (Wildman–Crippen MR) is 107 cm³/mol. The van der Waals surface area contributed by atoms with Gasteiger partial charge in [-0.2, -0.15) is 0 Å². The third-order valence-electron chi connectivity index (χ3n) is 4.43. The van der Waals surface area contributed by atoms with Gasteiger partial charge in [0.1, 0.15) is 5.75 Å². The molecule has 0 aliphatic rings. The van der Waals surface area contributed by atoms with Gasteiger partial charge in [0.2, 0.25) is 5.91 Å². The summed E-state index contributed by atoms with van der Waals surface area (Å²) >= 11 is 0. The summed E-state index contributed by atoms with van der Waals surface area (Å²) in [7, 11) is 0. The number of aryl methyl sites for hydroxylation is 1. The summed E-state index contributed by atoms with van der Waals surface area (Å²) in [5.74, 6) is -0.732. The van der Waals surface area contributed by atoms with E-state index < -0.39 is 17.9 Å². The van der Waals surface area contributed by atoms with Crippen LogP contribution < -0.4 is 21.3 Å². The van der Waals surface area contributed by atoms with Gasteiger partial charge in [-0.25, -0.2) is 0 Å². The summed E-state index contributed by atoms with van der Waals surface area (Å²) < 4.78 is 5.62. The van der Waals surface area contributed by atoms with Gasteiger partial charge in [-0.15, -0.1) is 0 Å². The van der Waals surface area contributed by atoms with E-state index in [0.717, 1.165) is 22.1 Å². The number of rotatable bonds is 6. The quantitative estimate of drug-likeness (QED) is 0.606. The average Bonchev–Trinajstić information content (AvgIpc) is 2.67. The van der Waals surface area contributed by atoms with Crippen LogP contribution in [0.2, 0.25) is 0 Å². The number of hydrogen-bond donors (Lipinski definition) is 3. The first-order valence-corrected chi connectivity index (χ1v) is 8.81. The van der Waals surface area contributed by atoms with Gasteiger partial charge < -0.3 is 20.8 Å². The van der Waals surface area contributed by atoms with Gasteiger partial charge in [0, 0.05) is 11.8 Å². The van der Waals surface area contributed by atoms with Gasteiger partial charge in [0.05, 0.1) is 11.9 Å². The molecule has 2 aromatic carbocycles. The third-order valence-corrected chi connectivity index (χ3v) is 4.43. The molecule has 0 spiro atoms. The first kappa shape index (κ1) is 19.2. The summed E-state index contributed by atoms with van der Waals surface area (Å²) in [4.78, 5) is 37.8. The normalized spacial score (nSPS) is 11.8. The van der Waals surface area contributed by atoms with Crippen molar-refractivity contribution in [3.63, 3.8) is 0 Å². The van der Waals surface area contributed by atoms with E-state index in [1.807, 2.05) is 31.2 Å². The van der Waals surface area contributed by atoms with Crippen molar-refractivity contribution in [2.75, 3.05) is 6.54 Å². The topological polar surface area (TPSA) is 114 Å². The first-order valence-electron chi connectivity index (χ1n) is 8.81. The second kappa shape index (κ2) is 7.96. The van der Waals surface area contributed by atoms with Gasteiger partial charge in [0.15, 0.2) is 6.10 Å². The van der Waals surface area contributed by atoms with Crippen molar-refractivity contribution < 1.29 is 14.3 Å². The number of nitrogens with one attached hydrogen (secondary N) is 2. The lowest BCUT2D eigenvalue weighted by atomic mass is 9.97. The second-order valence-corrected chi connectivity index (χ2v) is 6.50. The Labute approximate surface area is 161 Å². The molecule has 7 heteroatoms. The van der Waals surface area contributed by atoms with E-state index >= 15 is 0 Å². The van der Waals surface area contributed by atoms with Gasteiger partial charge in [-0.1, -0.05) is 24.3 Å². The number of benzene rings is 2. The van der Waals surface area contributed by atoms with Crippen LogP contribution in [0.5, 0.6) is 5.75 Å². The Morgan fingerprint density at radius 1 is 1.14 bits per heavy atom. The molecule has 0 aliphatic carbocycles. The molecule has 1 aromatic heterocycles. The molecule has 2 amide bonds. The molecule has 4 N–H and O–H groups in total. The van der Waals surface area contributed by atoms with Crippen LogP contribution in [0.4, 0.5) is 0 Å². The van der Waals surface area contributed by atoms with Crippen LogP contribution in [0.1, 0.15) is 12.5 Å². The third kappa shape index (κ3) is 4.03. The van der Waals surface area contributed by atoms with Crippen molar-refractivity contribution >= 4 is 22.6 Å². The lowest BCUT2D eigenvalue weighted by Gasteiger charge is -2.15. The molecule has 0 aliphatic heterocycles. The lowest BCUT2D eigenvalue weighted by Crippen LogP contribution is -2.40. The highest BCUT2D eigenvalue weighted by molar-refractivity contribution is 5.97. The van der Waals surface area contributed by atoms with Crippen molar-refractivity contribution in [2.24, 2.45) is 5.73 Å². The van der Waals surface area contributed by atoms with Crippen LogP contribution >= 0.6 is 0 Å². The Hall–Kier alpha value is -3.61. The fourth-order valence-corrected chi connectivity index (χ4v) is 2.99. The second-order valence-electron chi connectivity index (χ2n) is 6.50. The summed E-state index contributed by atoms with van der Waals surface area (Å²) in [5, 5.41) is 3.63. The Kier molecular flexibility index (Phi) is 5.44. The molecular formula is C21H21N3O4. The van der Waals surface area contributed by atoms with E-state index in [-0.39, 0.29) is 12.1 Å². The van der Waals surface area contributed by atoms with Crippen LogP contribution in [0.25, 0.3) is 21.9 Å². The highest BCUT2D eigenvalue weighted by Crippen LogP contribution is 2.30. The molecule has 0 unspecified atom stereocenters. The molecular weight excluding hydrogens is 358 g/mol. The molecule has 144 valence electrons. The minimum Gasteiger partial charge on any atom is -0.481 e. The van der Waals surface area contributed by atoms with Crippen LogP contribution in [0, 0.1) is 6.92 Å². The minimum absolute atomic E-state index is 0.247. The number of ether oxygens (including phenoxy) is 1. The number of nitrogens with two attached hydrogens (primary N) is 1. The zero-order chi connectivity index (χ0) is 20.3. The Morgan fingerprint density at radius 3 is 2.61 bits per heavy atom. The van der Waals surface area contributed by atoms with Crippen molar-refractivity contribution in [2.45, 2.75) is 20.0 Å². The fraction of sp³-hybridized carbons (Fsp3) is 0.190. The number of primary amides is 1. The molecule has 3 aromatic rings. The van der Waals surface area contributed by atoms with E-state index in [1.54, 1.807) is 31.3 Å². The number of amides is 2. The Balaban J connectivity index is 1.93. The molecule has 1 atom stereocenters. The number of fused-ring (bicyclic) bond motifs is 1. The summed E-state index contributed by atoms with van der Waals surface area (Å²) in [5.41, 5.74) is 7.79. The summed E-state index contributed by atoms with van der Waals surface area (Å²) in [6, 6.07) is 13.0. The maximum absolute atomic E-state index is 12.4. The fourth-order valence-electron chi connectivity index (χ4n) is 2.99. The van der Waals surface area contributed by atoms with Crippen molar-refractivity contribution in [1.29, 1.82) is 0 Å². The summed E-state index contributed by atoms with van der Waals surface area (Å²) in [6.07, 6.45) is 0.850.